The number of amides is 1. The molecule has 2 aromatic carbocycles. The van der Waals surface area contributed by atoms with Crippen LogP contribution in [0.1, 0.15) is 10.4 Å². The van der Waals surface area contributed by atoms with Crippen molar-refractivity contribution in [2.75, 3.05) is 36.8 Å². The number of hydrogen-bond donors (Lipinski definition) is 1. The minimum absolute atomic E-state index is 0.156. The van der Waals surface area contributed by atoms with Gasteiger partial charge in [-0.25, -0.2) is 4.39 Å². The van der Waals surface area contributed by atoms with Crippen molar-refractivity contribution in [3.05, 3.63) is 58.9 Å². The van der Waals surface area contributed by atoms with Gasteiger partial charge in [-0.1, -0.05) is 23.7 Å². The summed E-state index contributed by atoms with van der Waals surface area (Å²) in [6.45, 7) is 2.35. The van der Waals surface area contributed by atoms with Crippen LogP contribution in [0.25, 0.3) is 0 Å². The summed E-state index contributed by atoms with van der Waals surface area (Å²) >= 11 is 6.23. The monoisotopic (exact) mass is 333 g/mol. The maximum Gasteiger partial charge on any atom is 0.254 e. The fourth-order valence-corrected chi connectivity index (χ4v) is 3.10. The molecule has 23 heavy (non-hydrogen) atoms. The summed E-state index contributed by atoms with van der Waals surface area (Å²) in [6.07, 6.45) is 0. The van der Waals surface area contributed by atoms with Gasteiger partial charge >= 0.3 is 0 Å². The Morgan fingerprint density at radius 1 is 1.09 bits per heavy atom. The SMILES string of the molecule is Nc1cccc(Cl)c1N1CCN(C(=O)c2cccc(F)c2)CC1. The number of nitrogen functional groups attached to an aromatic ring is 1. The van der Waals surface area contributed by atoms with E-state index in [9.17, 15) is 9.18 Å². The van der Waals surface area contributed by atoms with Crippen LogP contribution in [0.3, 0.4) is 0 Å². The van der Waals surface area contributed by atoms with Crippen LogP contribution in [-0.2, 0) is 0 Å². The number of benzene rings is 2. The fourth-order valence-electron chi connectivity index (χ4n) is 2.80. The third-order valence-corrected chi connectivity index (χ3v) is 4.28. The second-order valence-electron chi connectivity index (χ2n) is 5.47. The van der Waals surface area contributed by atoms with Crippen molar-refractivity contribution in [3.8, 4) is 0 Å². The van der Waals surface area contributed by atoms with Crippen molar-refractivity contribution in [2.24, 2.45) is 0 Å². The minimum Gasteiger partial charge on any atom is -0.397 e. The predicted molar refractivity (Wildman–Crippen MR) is 90.4 cm³/mol. The van der Waals surface area contributed by atoms with Crippen LogP contribution < -0.4 is 10.6 Å². The molecule has 1 amide bonds. The van der Waals surface area contributed by atoms with Crippen LogP contribution in [-0.4, -0.2) is 37.0 Å². The zero-order valence-electron chi connectivity index (χ0n) is 12.5. The van der Waals surface area contributed by atoms with Crippen molar-refractivity contribution in [1.29, 1.82) is 0 Å². The van der Waals surface area contributed by atoms with E-state index < -0.39 is 5.82 Å². The Balaban J connectivity index is 1.70. The molecule has 2 aromatic rings. The Kier molecular flexibility index (Phi) is 4.39. The van der Waals surface area contributed by atoms with Gasteiger partial charge in [0.05, 0.1) is 16.4 Å². The maximum atomic E-state index is 13.3. The molecule has 1 aliphatic rings. The van der Waals surface area contributed by atoms with E-state index in [1.54, 1.807) is 23.1 Å². The lowest BCUT2D eigenvalue weighted by Crippen LogP contribution is -2.49. The number of para-hydroxylation sites is 1. The molecule has 0 unspecified atom stereocenters. The summed E-state index contributed by atoms with van der Waals surface area (Å²) in [4.78, 5) is 16.2. The van der Waals surface area contributed by atoms with Crippen molar-refractivity contribution in [1.82, 2.24) is 4.90 Å². The first-order valence-corrected chi connectivity index (χ1v) is 7.78. The van der Waals surface area contributed by atoms with Crippen molar-refractivity contribution < 1.29 is 9.18 Å². The van der Waals surface area contributed by atoms with Gasteiger partial charge in [-0.15, -0.1) is 0 Å². The highest BCUT2D eigenvalue weighted by molar-refractivity contribution is 6.34. The lowest BCUT2D eigenvalue weighted by molar-refractivity contribution is 0.0746. The second-order valence-corrected chi connectivity index (χ2v) is 5.87. The smallest absolute Gasteiger partial charge is 0.254 e. The summed E-state index contributed by atoms with van der Waals surface area (Å²) in [6, 6.07) is 11.2. The normalized spacial score (nSPS) is 14.9. The minimum atomic E-state index is -0.404. The number of halogens is 2. The van der Waals surface area contributed by atoms with Gasteiger partial charge in [-0.05, 0) is 30.3 Å². The zero-order valence-corrected chi connectivity index (χ0v) is 13.3. The Labute approximate surface area is 139 Å². The largest absolute Gasteiger partial charge is 0.397 e. The third kappa shape index (κ3) is 3.24. The molecule has 1 aliphatic heterocycles. The van der Waals surface area contributed by atoms with E-state index in [0.29, 0.717) is 42.5 Å². The van der Waals surface area contributed by atoms with Crippen molar-refractivity contribution in [3.63, 3.8) is 0 Å². The van der Waals surface area contributed by atoms with Gasteiger partial charge in [0.2, 0.25) is 0 Å². The molecule has 6 heteroatoms. The van der Waals surface area contributed by atoms with Crippen LogP contribution in [0.2, 0.25) is 5.02 Å². The standard InChI is InChI=1S/C17H17ClFN3O/c18-14-5-2-6-15(20)16(14)21-7-9-22(10-8-21)17(23)12-3-1-4-13(19)11-12/h1-6,11H,7-10,20H2. The third-order valence-electron chi connectivity index (χ3n) is 3.97. The molecule has 1 heterocycles. The van der Waals surface area contributed by atoms with E-state index in [4.69, 9.17) is 17.3 Å². The van der Waals surface area contributed by atoms with Crippen molar-refractivity contribution >= 4 is 28.9 Å². The van der Waals surface area contributed by atoms with Gasteiger partial charge in [0.25, 0.3) is 5.91 Å². The molecular formula is C17H17ClFN3O. The molecule has 0 aromatic heterocycles. The fraction of sp³-hybridized carbons (Fsp3) is 0.235. The molecule has 2 N–H and O–H groups in total. The van der Waals surface area contributed by atoms with Crippen LogP contribution in [0.15, 0.2) is 42.5 Å². The van der Waals surface area contributed by atoms with Crippen LogP contribution in [0.4, 0.5) is 15.8 Å². The highest BCUT2D eigenvalue weighted by Crippen LogP contribution is 2.32. The molecule has 3 rings (SSSR count). The number of piperazine rings is 1. The summed E-state index contributed by atoms with van der Waals surface area (Å²) in [7, 11) is 0. The Bertz CT molecular complexity index is 709. The maximum absolute atomic E-state index is 13.3. The molecule has 0 aliphatic carbocycles. The number of carbonyl (C=O) groups is 1. The van der Waals surface area contributed by atoms with E-state index in [1.807, 2.05) is 12.1 Å². The number of rotatable bonds is 2. The zero-order chi connectivity index (χ0) is 16.4. The van der Waals surface area contributed by atoms with E-state index in [2.05, 4.69) is 4.90 Å². The van der Waals surface area contributed by atoms with Crippen molar-refractivity contribution in [2.45, 2.75) is 0 Å². The molecule has 0 saturated carbocycles. The first kappa shape index (κ1) is 15.6. The predicted octanol–water partition coefficient (Wildman–Crippen LogP) is 3.02. The first-order valence-electron chi connectivity index (χ1n) is 7.40. The molecule has 1 fully saturated rings. The molecular weight excluding hydrogens is 317 g/mol. The number of nitrogens with two attached hydrogens (primary N) is 1. The molecule has 0 radical (unpaired) electrons. The summed E-state index contributed by atoms with van der Waals surface area (Å²) < 4.78 is 13.3. The van der Waals surface area contributed by atoms with Gasteiger partial charge in [0.15, 0.2) is 0 Å². The van der Waals surface area contributed by atoms with Crippen LogP contribution in [0, 0.1) is 5.82 Å². The van der Waals surface area contributed by atoms with Crippen LogP contribution in [0.5, 0.6) is 0 Å². The average molecular weight is 334 g/mol. The van der Waals surface area contributed by atoms with E-state index >= 15 is 0 Å². The summed E-state index contributed by atoms with van der Waals surface area (Å²) in [5.41, 5.74) is 7.82. The van der Waals surface area contributed by atoms with Gasteiger partial charge in [0, 0.05) is 31.7 Å². The first-order chi connectivity index (χ1) is 11.1. The second kappa shape index (κ2) is 6.46. The lowest BCUT2D eigenvalue weighted by Gasteiger charge is -2.37. The highest BCUT2D eigenvalue weighted by atomic mass is 35.5. The summed E-state index contributed by atoms with van der Waals surface area (Å²) in [5, 5.41) is 0.606. The van der Waals surface area contributed by atoms with Gasteiger partial charge in [-0.3, -0.25) is 4.79 Å². The molecule has 0 spiro atoms. The molecule has 0 bridgehead atoms. The molecule has 4 nitrogen and oxygen atoms in total. The van der Waals surface area contributed by atoms with Gasteiger partial charge in [0.1, 0.15) is 5.82 Å². The Hall–Kier alpha value is -2.27. The van der Waals surface area contributed by atoms with Crippen LogP contribution >= 0.6 is 11.6 Å². The quantitative estimate of drug-likeness (QED) is 0.859. The van der Waals surface area contributed by atoms with E-state index in [-0.39, 0.29) is 5.91 Å². The topological polar surface area (TPSA) is 49.6 Å². The van der Waals surface area contributed by atoms with E-state index in [1.165, 1.54) is 12.1 Å². The molecule has 1 saturated heterocycles. The number of hydrogen-bond acceptors (Lipinski definition) is 3. The summed E-state index contributed by atoms with van der Waals surface area (Å²) in [5.74, 6) is -0.561. The molecule has 120 valence electrons. The van der Waals surface area contributed by atoms with Gasteiger partial charge < -0.3 is 15.5 Å². The highest BCUT2D eigenvalue weighted by Gasteiger charge is 2.24. The average Bonchev–Trinajstić information content (AvgIpc) is 2.55. The van der Waals surface area contributed by atoms with Gasteiger partial charge in [-0.2, -0.15) is 0 Å². The molecule has 0 atom stereocenters. The lowest BCUT2D eigenvalue weighted by atomic mass is 10.1. The number of anilines is 2. The Morgan fingerprint density at radius 2 is 1.78 bits per heavy atom. The van der Waals surface area contributed by atoms with E-state index in [0.717, 1.165) is 5.69 Å². The number of carbonyl (C=O) groups excluding carboxylic acids is 1. The Morgan fingerprint density at radius 3 is 2.43 bits per heavy atom. The number of nitrogens with zero attached hydrogens (tertiary/aromatic N) is 2.